The third kappa shape index (κ3) is 3.52. The zero-order valence-electron chi connectivity index (χ0n) is 7.87. The van der Waals surface area contributed by atoms with Crippen LogP contribution in [-0.2, 0) is 4.74 Å². The Kier molecular flexibility index (Phi) is 4.57. The number of hydrogen-bond donors (Lipinski definition) is 2. The van der Waals surface area contributed by atoms with E-state index in [-0.39, 0.29) is 12.5 Å². The molecule has 2 amide bonds. The summed E-state index contributed by atoms with van der Waals surface area (Å²) in [7, 11) is 0. The summed E-state index contributed by atoms with van der Waals surface area (Å²) in [6.07, 6.45) is -0.682. The number of halogens is 1. The second kappa shape index (κ2) is 5.72. The molecule has 0 atom stereocenters. The summed E-state index contributed by atoms with van der Waals surface area (Å²) in [4.78, 5) is 22.8. The van der Waals surface area contributed by atoms with Gasteiger partial charge in [0.1, 0.15) is 4.88 Å². The van der Waals surface area contributed by atoms with Gasteiger partial charge in [0.05, 0.1) is 6.61 Å². The van der Waals surface area contributed by atoms with Crippen LogP contribution in [-0.4, -0.2) is 18.6 Å². The minimum Gasteiger partial charge on any atom is -0.449 e. The van der Waals surface area contributed by atoms with Crippen molar-refractivity contribution >= 4 is 39.3 Å². The molecule has 0 unspecified atom stereocenters. The molecule has 82 valence electrons. The summed E-state index contributed by atoms with van der Waals surface area (Å²) in [6.45, 7) is 1.93. The lowest BCUT2D eigenvalue weighted by atomic mass is 10.4. The van der Waals surface area contributed by atoms with E-state index < -0.39 is 6.09 Å². The second-order valence-corrected chi connectivity index (χ2v) is 4.17. The Balaban J connectivity index is 2.44. The number of rotatable bonds is 2. The van der Waals surface area contributed by atoms with Gasteiger partial charge >= 0.3 is 6.09 Å². The highest BCUT2D eigenvalue weighted by Crippen LogP contribution is 2.21. The standard InChI is InChI=1S/C8H9BrN2O3S/c1-2-14-8(13)11-10-7(12)6-5(9)3-4-15-6/h3-4H,2H2,1H3,(H,10,12)(H,11,13). The molecule has 0 saturated heterocycles. The Bertz CT molecular complexity index is 367. The minimum absolute atomic E-state index is 0.254. The Morgan fingerprint density at radius 1 is 1.53 bits per heavy atom. The Morgan fingerprint density at radius 3 is 2.80 bits per heavy atom. The summed E-state index contributed by atoms with van der Waals surface area (Å²) in [5.74, 6) is -0.384. The summed E-state index contributed by atoms with van der Waals surface area (Å²) >= 11 is 4.48. The number of hydrazine groups is 1. The number of hydrogen-bond acceptors (Lipinski definition) is 4. The third-order valence-corrected chi connectivity index (χ3v) is 3.21. The van der Waals surface area contributed by atoms with Crippen LogP contribution in [0.5, 0.6) is 0 Å². The van der Waals surface area contributed by atoms with E-state index in [1.54, 1.807) is 18.4 Å². The molecule has 0 fully saturated rings. The largest absolute Gasteiger partial charge is 0.449 e. The molecule has 0 aromatic carbocycles. The maximum absolute atomic E-state index is 11.4. The average Bonchev–Trinajstić information content (AvgIpc) is 2.61. The number of nitrogens with one attached hydrogen (secondary N) is 2. The first-order valence-electron chi connectivity index (χ1n) is 4.11. The van der Waals surface area contributed by atoms with Gasteiger partial charge in [0.15, 0.2) is 0 Å². The highest BCUT2D eigenvalue weighted by atomic mass is 79.9. The number of ether oxygens (including phenoxy) is 1. The van der Waals surface area contributed by atoms with Gasteiger partial charge in [0.2, 0.25) is 0 Å². The summed E-state index contributed by atoms with van der Waals surface area (Å²) < 4.78 is 5.26. The van der Waals surface area contributed by atoms with Crippen LogP contribution in [0.25, 0.3) is 0 Å². The van der Waals surface area contributed by atoms with Gasteiger partial charge in [-0.3, -0.25) is 10.2 Å². The molecule has 7 heteroatoms. The summed E-state index contributed by atoms with van der Waals surface area (Å²) in [6, 6.07) is 1.75. The van der Waals surface area contributed by atoms with Crippen LogP contribution >= 0.6 is 27.3 Å². The fourth-order valence-corrected chi connectivity index (χ4v) is 2.23. The lowest BCUT2D eigenvalue weighted by Gasteiger charge is -2.05. The zero-order chi connectivity index (χ0) is 11.3. The van der Waals surface area contributed by atoms with Gasteiger partial charge in [-0.05, 0) is 34.3 Å². The first kappa shape index (κ1) is 12.0. The van der Waals surface area contributed by atoms with E-state index in [0.717, 1.165) is 0 Å². The molecule has 0 saturated carbocycles. The van der Waals surface area contributed by atoms with Crippen molar-refractivity contribution in [1.82, 2.24) is 10.9 Å². The van der Waals surface area contributed by atoms with Crippen LogP contribution in [0.2, 0.25) is 0 Å². The van der Waals surface area contributed by atoms with Gasteiger partial charge in [-0.1, -0.05) is 0 Å². The number of carbonyl (C=O) groups is 2. The van der Waals surface area contributed by atoms with Crippen molar-refractivity contribution in [1.29, 1.82) is 0 Å². The molecule has 0 bridgehead atoms. The van der Waals surface area contributed by atoms with Gasteiger partial charge in [0.25, 0.3) is 5.91 Å². The van der Waals surface area contributed by atoms with Gasteiger partial charge in [-0.2, -0.15) is 0 Å². The molecular weight excluding hydrogens is 284 g/mol. The number of amides is 2. The molecule has 15 heavy (non-hydrogen) atoms. The van der Waals surface area contributed by atoms with Crippen molar-refractivity contribution in [3.63, 3.8) is 0 Å². The first-order valence-corrected chi connectivity index (χ1v) is 5.78. The van der Waals surface area contributed by atoms with Gasteiger partial charge in [-0.15, -0.1) is 11.3 Å². The normalized spacial score (nSPS) is 9.47. The van der Waals surface area contributed by atoms with E-state index in [4.69, 9.17) is 0 Å². The molecule has 1 rings (SSSR count). The zero-order valence-corrected chi connectivity index (χ0v) is 10.3. The fraction of sp³-hybridized carbons (Fsp3) is 0.250. The van der Waals surface area contributed by atoms with Crippen LogP contribution < -0.4 is 10.9 Å². The van der Waals surface area contributed by atoms with E-state index in [2.05, 4.69) is 31.5 Å². The van der Waals surface area contributed by atoms with E-state index in [0.29, 0.717) is 9.35 Å². The molecule has 5 nitrogen and oxygen atoms in total. The van der Waals surface area contributed by atoms with Crippen LogP contribution in [0, 0.1) is 0 Å². The van der Waals surface area contributed by atoms with E-state index in [1.807, 2.05) is 0 Å². The number of thiophene rings is 1. The monoisotopic (exact) mass is 292 g/mol. The molecule has 0 aliphatic heterocycles. The van der Waals surface area contributed by atoms with Crippen LogP contribution in [0.4, 0.5) is 4.79 Å². The van der Waals surface area contributed by atoms with Crippen molar-refractivity contribution in [2.24, 2.45) is 0 Å². The van der Waals surface area contributed by atoms with Crippen molar-refractivity contribution in [3.8, 4) is 0 Å². The van der Waals surface area contributed by atoms with E-state index >= 15 is 0 Å². The minimum atomic E-state index is -0.682. The van der Waals surface area contributed by atoms with Crippen LogP contribution in [0.3, 0.4) is 0 Å². The molecule has 0 spiro atoms. The quantitative estimate of drug-likeness (QED) is 0.818. The van der Waals surface area contributed by atoms with Gasteiger partial charge in [0, 0.05) is 4.47 Å². The van der Waals surface area contributed by atoms with Crippen molar-refractivity contribution in [2.45, 2.75) is 6.92 Å². The van der Waals surface area contributed by atoms with Crippen molar-refractivity contribution < 1.29 is 14.3 Å². The molecule has 0 radical (unpaired) electrons. The maximum Gasteiger partial charge on any atom is 0.426 e. The maximum atomic E-state index is 11.4. The molecule has 0 aliphatic carbocycles. The lowest BCUT2D eigenvalue weighted by Crippen LogP contribution is -2.41. The molecule has 2 N–H and O–H groups in total. The molecular formula is C8H9BrN2O3S. The smallest absolute Gasteiger partial charge is 0.426 e. The average molecular weight is 293 g/mol. The SMILES string of the molecule is CCOC(=O)NNC(=O)c1sccc1Br. The number of carbonyl (C=O) groups excluding carboxylic acids is 2. The molecule has 1 heterocycles. The van der Waals surface area contributed by atoms with Gasteiger partial charge < -0.3 is 4.74 Å². The van der Waals surface area contributed by atoms with Gasteiger partial charge in [-0.25, -0.2) is 10.2 Å². The van der Waals surface area contributed by atoms with Crippen molar-refractivity contribution in [2.75, 3.05) is 6.61 Å². The van der Waals surface area contributed by atoms with E-state index in [1.165, 1.54) is 11.3 Å². The van der Waals surface area contributed by atoms with Crippen LogP contribution in [0.1, 0.15) is 16.6 Å². The van der Waals surface area contributed by atoms with Crippen LogP contribution in [0.15, 0.2) is 15.9 Å². The first-order chi connectivity index (χ1) is 7.15. The molecule has 0 aliphatic rings. The van der Waals surface area contributed by atoms with E-state index in [9.17, 15) is 9.59 Å². The Labute approximate surface area is 98.9 Å². The predicted octanol–water partition coefficient (Wildman–Crippen LogP) is 1.90. The topological polar surface area (TPSA) is 67.4 Å². The molecule has 1 aromatic rings. The molecule has 1 aromatic heterocycles. The predicted molar refractivity (Wildman–Crippen MR) is 59.6 cm³/mol. The van der Waals surface area contributed by atoms with Crippen molar-refractivity contribution in [3.05, 3.63) is 20.8 Å². The Hall–Kier alpha value is -1.08. The second-order valence-electron chi connectivity index (χ2n) is 2.40. The highest BCUT2D eigenvalue weighted by molar-refractivity contribution is 9.10. The third-order valence-electron chi connectivity index (χ3n) is 1.38. The lowest BCUT2D eigenvalue weighted by molar-refractivity contribution is 0.0916. The Morgan fingerprint density at radius 2 is 2.27 bits per heavy atom. The highest BCUT2D eigenvalue weighted by Gasteiger charge is 2.11. The summed E-state index contributed by atoms with van der Waals surface area (Å²) in [5.41, 5.74) is 4.35. The fourth-order valence-electron chi connectivity index (χ4n) is 0.787. The summed E-state index contributed by atoms with van der Waals surface area (Å²) in [5, 5.41) is 1.77.